The molecule has 0 aliphatic carbocycles. The maximum atomic E-state index is 5.13. The van der Waals surface area contributed by atoms with Gasteiger partial charge in [-0.3, -0.25) is 0 Å². The fraction of sp³-hybridized carbons (Fsp3) is 0.667. The van der Waals surface area contributed by atoms with Crippen molar-refractivity contribution < 1.29 is 4.74 Å². The first kappa shape index (κ1) is 7.80. The zero-order chi connectivity index (χ0) is 8.39. The molecule has 3 nitrogen and oxygen atoms in total. The average molecular weight is 166 g/mol. The second kappa shape index (κ2) is 3.27. The maximum Gasteiger partial charge on any atom is 0.108 e. The Balaban J connectivity index is 1.75. The quantitative estimate of drug-likeness (QED) is 0.628. The Morgan fingerprint density at radius 2 is 2.58 bits per heavy atom. The van der Waals surface area contributed by atoms with E-state index in [1.54, 1.807) is 0 Å². The summed E-state index contributed by atoms with van der Waals surface area (Å²) in [5, 5.41) is 0. The molecule has 0 spiro atoms. The molecule has 0 N–H and O–H groups in total. The van der Waals surface area contributed by atoms with Gasteiger partial charge >= 0.3 is 0 Å². The molecule has 0 aromatic carbocycles. The number of epoxide rings is 1. The lowest BCUT2D eigenvalue weighted by atomic mass is 10.2. The van der Waals surface area contributed by atoms with Crippen LogP contribution in [0.4, 0.5) is 0 Å². The average Bonchev–Trinajstić information content (AvgIpc) is 2.78. The summed E-state index contributed by atoms with van der Waals surface area (Å²) in [4.78, 5) is 4.26. The summed E-state index contributed by atoms with van der Waals surface area (Å²) in [6.07, 6.45) is 7.85. The zero-order valence-corrected chi connectivity index (χ0v) is 7.36. The summed E-state index contributed by atoms with van der Waals surface area (Å²) in [5.41, 5.74) is 0. The van der Waals surface area contributed by atoms with Gasteiger partial charge in [-0.1, -0.05) is 0 Å². The molecule has 1 saturated heterocycles. The minimum absolute atomic E-state index is 0.560. The van der Waals surface area contributed by atoms with Gasteiger partial charge in [0.15, 0.2) is 0 Å². The first-order chi connectivity index (χ1) is 5.86. The van der Waals surface area contributed by atoms with Gasteiger partial charge in [0.2, 0.25) is 0 Å². The number of imidazole rings is 1. The van der Waals surface area contributed by atoms with Crippen LogP contribution in [0.15, 0.2) is 12.4 Å². The van der Waals surface area contributed by atoms with E-state index in [-0.39, 0.29) is 0 Å². The highest BCUT2D eigenvalue weighted by atomic mass is 16.6. The van der Waals surface area contributed by atoms with Gasteiger partial charge in [0.05, 0.1) is 12.7 Å². The molecule has 0 bridgehead atoms. The van der Waals surface area contributed by atoms with Crippen LogP contribution in [0.1, 0.15) is 18.7 Å². The van der Waals surface area contributed by atoms with Gasteiger partial charge in [-0.05, 0) is 12.8 Å². The molecule has 1 aliphatic heterocycles. The second-order valence-corrected chi connectivity index (χ2v) is 3.30. The topological polar surface area (TPSA) is 30.4 Å². The normalized spacial score (nSPS) is 21.2. The molecule has 1 atom stereocenters. The molecule has 2 rings (SSSR count). The van der Waals surface area contributed by atoms with Crippen molar-refractivity contribution in [1.82, 2.24) is 9.55 Å². The van der Waals surface area contributed by atoms with Gasteiger partial charge in [-0.2, -0.15) is 0 Å². The zero-order valence-electron chi connectivity index (χ0n) is 7.36. The molecule has 2 heterocycles. The molecule has 1 unspecified atom stereocenters. The molecule has 0 amide bonds. The summed E-state index contributed by atoms with van der Waals surface area (Å²) < 4.78 is 7.21. The number of rotatable bonds is 4. The van der Waals surface area contributed by atoms with Crippen LogP contribution in [0.25, 0.3) is 0 Å². The minimum Gasteiger partial charge on any atom is -0.373 e. The van der Waals surface area contributed by atoms with Crippen molar-refractivity contribution >= 4 is 0 Å². The lowest BCUT2D eigenvalue weighted by molar-refractivity contribution is 0.391. The van der Waals surface area contributed by atoms with Crippen molar-refractivity contribution in [3.8, 4) is 0 Å². The molecule has 1 fully saturated rings. The Bertz CT molecular complexity index is 253. The number of hydrogen-bond donors (Lipinski definition) is 0. The van der Waals surface area contributed by atoms with E-state index >= 15 is 0 Å². The SMILES string of the molecule is Cn1ccnc1CCCC1CO1. The van der Waals surface area contributed by atoms with Gasteiger partial charge in [0.1, 0.15) is 5.82 Å². The minimum atomic E-state index is 0.560. The van der Waals surface area contributed by atoms with Gasteiger partial charge in [-0.25, -0.2) is 4.98 Å². The molecule has 1 aromatic heterocycles. The van der Waals surface area contributed by atoms with Crippen LogP contribution in [0.2, 0.25) is 0 Å². The highest BCUT2D eigenvalue weighted by molar-refractivity contribution is 4.91. The molecular formula is C9H14N2O. The van der Waals surface area contributed by atoms with Crippen molar-refractivity contribution in [3.05, 3.63) is 18.2 Å². The number of nitrogens with zero attached hydrogens (tertiary/aromatic N) is 2. The van der Waals surface area contributed by atoms with Crippen LogP contribution in [0, 0.1) is 0 Å². The van der Waals surface area contributed by atoms with E-state index in [4.69, 9.17) is 4.74 Å². The van der Waals surface area contributed by atoms with Gasteiger partial charge in [0, 0.05) is 25.9 Å². The van der Waals surface area contributed by atoms with E-state index < -0.39 is 0 Å². The van der Waals surface area contributed by atoms with E-state index in [2.05, 4.69) is 9.55 Å². The largest absolute Gasteiger partial charge is 0.373 e. The van der Waals surface area contributed by atoms with Crippen LogP contribution in [0.3, 0.4) is 0 Å². The highest BCUT2D eigenvalue weighted by Gasteiger charge is 2.21. The molecule has 0 saturated carbocycles. The lowest BCUT2D eigenvalue weighted by Gasteiger charge is -1.99. The Labute approximate surface area is 72.4 Å². The molecule has 0 radical (unpaired) electrons. The Kier molecular flexibility index (Phi) is 2.13. The first-order valence-electron chi connectivity index (χ1n) is 4.44. The predicted octanol–water partition coefficient (Wildman–Crippen LogP) is 1.14. The molecule has 66 valence electrons. The van der Waals surface area contributed by atoms with E-state index in [1.807, 2.05) is 19.4 Å². The van der Waals surface area contributed by atoms with Gasteiger partial charge in [0.25, 0.3) is 0 Å². The fourth-order valence-electron chi connectivity index (χ4n) is 1.36. The Morgan fingerprint density at radius 3 is 3.17 bits per heavy atom. The van der Waals surface area contributed by atoms with E-state index in [0.29, 0.717) is 6.10 Å². The van der Waals surface area contributed by atoms with Crippen molar-refractivity contribution in [2.45, 2.75) is 25.4 Å². The number of aryl methyl sites for hydroxylation is 2. The Hall–Kier alpha value is -0.830. The van der Waals surface area contributed by atoms with Gasteiger partial charge < -0.3 is 9.30 Å². The number of aromatic nitrogens is 2. The van der Waals surface area contributed by atoms with E-state index in [1.165, 1.54) is 18.7 Å². The van der Waals surface area contributed by atoms with Crippen molar-refractivity contribution in [2.75, 3.05) is 6.61 Å². The molecule has 12 heavy (non-hydrogen) atoms. The standard InChI is InChI=1S/C9H14N2O/c1-11-6-5-10-9(11)4-2-3-8-7-12-8/h5-6,8H,2-4,7H2,1H3. The van der Waals surface area contributed by atoms with Crippen molar-refractivity contribution in [2.24, 2.45) is 7.05 Å². The third-order valence-corrected chi connectivity index (χ3v) is 2.25. The predicted molar refractivity (Wildman–Crippen MR) is 45.9 cm³/mol. The highest BCUT2D eigenvalue weighted by Crippen LogP contribution is 2.16. The molecule has 1 aliphatic rings. The lowest BCUT2D eigenvalue weighted by Crippen LogP contribution is -1.98. The number of hydrogen-bond acceptors (Lipinski definition) is 2. The summed E-state index contributed by atoms with van der Waals surface area (Å²) in [5.74, 6) is 1.18. The summed E-state index contributed by atoms with van der Waals surface area (Å²) in [7, 11) is 2.04. The molecule has 3 heteroatoms. The van der Waals surface area contributed by atoms with Crippen LogP contribution < -0.4 is 0 Å². The van der Waals surface area contributed by atoms with Crippen LogP contribution in [-0.4, -0.2) is 22.3 Å². The smallest absolute Gasteiger partial charge is 0.108 e. The van der Waals surface area contributed by atoms with Crippen LogP contribution in [-0.2, 0) is 18.2 Å². The first-order valence-corrected chi connectivity index (χ1v) is 4.44. The third kappa shape index (κ3) is 1.85. The van der Waals surface area contributed by atoms with Crippen LogP contribution in [0.5, 0.6) is 0 Å². The molecule has 1 aromatic rings. The summed E-state index contributed by atoms with van der Waals surface area (Å²) in [6.45, 7) is 0.973. The second-order valence-electron chi connectivity index (χ2n) is 3.30. The maximum absolute atomic E-state index is 5.13. The summed E-state index contributed by atoms with van der Waals surface area (Å²) >= 11 is 0. The number of ether oxygens (including phenoxy) is 1. The molecular weight excluding hydrogens is 152 g/mol. The summed E-state index contributed by atoms with van der Waals surface area (Å²) in [6, 6.07) is 0. The third-order valence-electron chi connectivity index (χ3n) is 2.25. The van der Waals surface area contributed by atoms with Crippen molar-refractivity contribution in [3.63, 3.8) is 0 Å². The fourth-order valence-corrected chi connectivity index (χ4v) is 1.36. The van der Waals surface area contributed by atoms with Crippen molar-refractivity contribution in [1.29, 1.82) is 0 Å². The van der Waals surface area contributed by atoms with E-state index in [0.717, 1.165) is 13.0 Å². The van der Waals surface area contributed by atoms with E-state index in [9.17, 15) is 0 Å². The monoisotopic (exact) mass is 166 g/mol. The van der Waals surface area contributed by atoms with Gasteiger partial charge in [-0.15, -0.1) is 0 Å². The Morgan fingerprint density at radius 1 is 1.75 bits per heavy atom. The van der Waals surface area contributed by atoms with Crippen LogP contribution >= 0.6 is 0 Å².